The molecule has 0 aliphatic carbocycles. The third kappa shape index (κ3) is 8.88. The molecule has 0 aliphatic heterocycles. The van der Waals surface area contributed by atoms with E-state index in [0.29, 0.717) is 37.4 Å². The molecule has 0 aromatic heterocycles. The SMILES string of the molecule is CCC(CC)(Oc1ccc(OCCCO)cc1)C(=O)OC.O=S(=O)(O)C(F)(F)F. The molecule has 1 aromatic carbocycles. The van der Waals surface area contributed by atoms with Gasteiger partial charge in [-0.3, -0.25) is 4.55 Å². The maximum Gasteiger partial charge on any atom is 0.522 e. The van der Waals surface area contributed by atoms with Crippen LogP contribution in [0.3, 0.4) is 0 Å². The van der Waals surface area contributed by atoms with Crippen molar-refractivity contribution in [1.29, 1.82) is 0 Å². The van der Waals surface area contributed by atoms with Crippen LogP contribution in [0.4, 0.5) is 13.2 Å². The second-order valence-electron chi connectivity index (χ2n) is 5.61. The first-order valence-electron chi connectivity index (χ1n) is 8.51. The third-order valence-electron chi connectivity index (χ3n) is 3.70. The second-order valence-corrected chi connectivity index (χ2v) is 7.03. The number of alkyl halides is 3. The zero-order valence-electron chi connectivity index (χ0n) is 16.2. The van der Waals surface area contributed by atoms with Crippen molar-refractivity contribution in [2.75, 3.05) is 20.3 Å². The van der Waals surface area contributed by atoms with Crippen molar-refractivity contribution in [2.24, 2.45) is 0 Å². The van der Waals surface area contributed by atoms with Gasteiger partial charge in [-0.05, 0) is 37.1 Å². The summed E-state index contributed by atoms with van der Waals surface area (Å²) in [5.41, 5.74) is -6.49. The fraction of sp³-hybridized carbons (Fsp3) is 0.588. The lowest BCUT2D eigenvalue weighted by Gasteiger charge is -2.29. The molecule has 1 aromatic rings. The number of rotatable bonds is 9. The number of aliphatic hydroxyl groups is 1. The predicted molar refractivity (Wildman–Crippen MR) is 97.2 cm³/mol. The van der Waals surface area contributed by atoms with Crippen molar-refractivity contribution in [1.82, 2.24) is 0 Å². The van der Waals surface area contributed by atoms with Crippen LogP contribution in [0.15, 0.2) is 24.3 Å². The molecule has 0 fully saturated rings. The standard InChI is InChI=1S/C16H24O5.CHF3O3S/c1-4-16(5-2,15(18)19-3)21-14-9-7-13(8-10-14)20-12-6-11-17;2-1(3,4)8(5,6)7/h7-10,17H,4-6,11-12H2,1-3H3;(H,5,6,7). The number of carbonyl (C=O) groups is 1. The molecule has 2 N–H and O–H groups in total. The first-order valence-corrected chi connectivity index (χ1v) is 9.95. The molecule has 0 amide bonds. The van der Waals surface area contributed by atoms with E-state index in [9.17, 15) is 18.0 Å². The minimum absolute atomic E-state index is 0.107. The van der Waals surface area contributed by atoms with Gasteiger partial charge < -0.3 is 19.3 Å². The number of hydrogen-bond donors (Lipinski definition) is 2. The molecule has 0 aliphatic rings. The molecular weight excluding hydrogens is 421 g/mol. The zero-order chi connectivity index (χ0) is 22.7. The summed E-state index contributed by atoms with van der Waals surface area (Å²) in [5, 5.41) is 8.70. The Balaban J connectivity index is 0.000000828. The number of aliphatic hydroxyl groups excluding tert-OH is 1. The molecule has 0 atom stereocenters. The number of methoxy groups -OCH3 is 1. The Bertz CT molecular complexity index is 713. The lowest BCUT2D eigenvalue weighted by molar-refractivity contribution is -0.159. The number of halogens is 3. The smallest absolute Gasteiger partial charge is 0.494 e. The van der Waals surface area contributed by atoms with Crippen LogP contribution in [0.2, 0.25) is 0 Å². The largest absolute Gasteiger partial charge is 0.522 e. The van der Waals surface area contributed by atoms with Crippen molar-refractivity contribution in [3.8, 4) is 11.5 Å². The monoisotopic (exact) mass is 446 g/mol. The van der Waals surface area contributed by atoms with Gasteiger partial charge in [0.15, 0.2) is 0 Å². The number of ether oxygens (including phenoxy) is 3. The van der Waals surface area contributed by atoms with Crippen LogP contribution in [0, 0.1) is 0 Å². The fourth-order valence-corrected chi connectivity index (χ4v) is 1.99. The summed E-state index contributed by atoms with van der Waals surface area (Å²) in [5.74, 6) is 0.932. The van der Waals surface area contributed by atoms with Crippen LogP contribution in [-0.2, 0) is 19.6 Å². The highest BCUT2D eigenvalue weighted by atomic mass is 32.2. The van der Waals surface area contributed by atoms with Crippen LogP contribution in [-0.4, -0.2) is 55.5 Å². The quantitative estimate of drug-likeness (QED) is 0.257. The van der Waals surface area contributed by atoms with Crippen LogP contribution in [0.1, 0.15) is 33.1 Å². The van der Waals surface area contributed by atoms with Gasteiger partial charge in [0.25, 0.3) is 0 Å². The molecule has 8 nitrogen and oxygen atoms in total. The van der Waals surface area contributed by atoms with E-state index in [2.05, 4.69) is 0 Å². The summed E-state index contributed by atoms with van der Waals surface area (Å²) in [6.45, 7) is 4.36. The number of esters is 1. The van der Waals surface area contributed by atoms with Gasteiger partial charge in [-0.1, -0.05) is 13.8 Å². The van der Waals surface area contributed by atoms with Crippen molar-refractivity contribution < 1.29 is 50.3 Å². The van der Waals surface area contributed by atoms with Gasteiger partial charge >= 0.3 is 21.6 Å². The highest BCUT2D eigenvalue weighted by molar-refractivity contribution is 7.86. The Morgan fingerprint density at radius 3 is 1.86 bits per heavy atom. The molecule has 0 unspecified atom stereocenters. The van der Waals surface area contributed by atoms with Crippen LogP contribution in [0.25, 0.3) is 0 Å². The van der Waals surface area contributed by atoms with Gasteiger partial charge in [0.1, 0.15) is 11.5 Å². The predicted octanol–water partition coefficient (Wildman–Crippen LogP) is 2.95. The first kappa shape index (κ1) is 27.0. The Hall–Kier alpha value is -2.05. The van der Waals surface area contributed by atoms with Crippen molar-refractivity contribution >= 4 is 16.1 Å². The highest BCUT2D eigenvalue weighted by Crippen LogP contribution is 2.27. The van der Waals surface area contributed by atoms with Crippen LogP contribution in [0.5, 0.6) is 11.5 Å². The summed E-state index contributed by atoms with van der Waals surface area (Å²) in [7, 11) is -4.48. The van der Waals surface area contributed by atoms with Crippen molar-refractivity contribution in [3.05, 3.63) is 24.3 Å². The van der Waals surface area contributed by atoms with E-state index in [0.717, 1.165) is 0 Å². The Morgan fingerprint density at radius 1 is 1.07 bits per heavy atom. The highest BCUT2D eigenvalue weighted by Gasteiger charge is 2.44. The molecule has 0 spiro atoms. The Morgan fingerprint density at radius 2 is 1.52 bits per heavy atom. The molecule has 0 saturated carbocycles. The van der Waals surface area contributed by atoms with E-state index in [1.165, 1.54) is 7.11 Å². The van der Waals surface area contributed by atoms with Crippen molar-refractivity contribution in [3.63, 3.8) is 0 Å². The maximum absolute atomic E-state index is 11.9. The summed E-state index contributed by atoms with van der Waals surface area (Å²) in [6, 6.07) is 7.08. The normalized spacial score (nSPS) is 11.9. The number of carbonyl (C=O) groups excluding carboxylic acids is 1. The maximum atomic E-state index is 11.9. The average molecular weight is 446 g/mol. The van der Waals surface area contributed by atoms with Gasteiger partial charge in [-0.25, -0.2) is 4.79 Å². The van der Waals surface area contributed by atoms with Gasteiger partial charge in [0.05, 0.1) is 13.7 Å². The summed E-state index contributed by atoms with van der Waals surface area (Å²) in [4.78, 5) is 11.9. The van der Waals surface area contributed by atoms with E-state index in [4.69, 9.17) is 32.3 Å². The average Bonchev–Trinajstić information content (AvgIpc) is 2.66. The van der Waals surface area contributed by atoms with E-state index >= 15 is 0 Å². The zero-order valence-corrected chi connectivity index (χ0v) is 17.0. The summed E-state index contributed by atoms with van der Waals surface area (Å²) >= 11 is 0. The van der Waals surface area contributed by atoms with Crippen molar-refractivity contribution in [2.45, 2.75) is 44.2 Å². The molecule has 0 saturated heterocycles. The van der Waals surface area contributed by atoms with Crippen LogP contribution >= 0.6 is 0 Å². The molecular formula is C17H25F3O8S. The van der Waals surface area contributed by atoms with Gasteiger partial charge in [-0.2, -0.15) is 21.6 Å². The lowest BCUT2D eigenvalue weighted by atomic mass is 9.97. The molecule has 29 heavy (non-hydrogen) atoms. The molecule has 0 radical (unpaired) electrons. The first-order chi connectivity index (χ1) is 13.4. The van der Waals surface area contributed by atoms with E-state index in [1.807, 2.05) is 13.8 Å². The topological polar surface area (TPSA) is 119 Å². The van der Waals surface area contributed by atoms with Gasteiger partial charge in [0, 0.05) is 13.0 Å². The Kier molecular flexibility index (Phi) is 11.0. The molecule has 0 heterocycles. The van der Waals surface area contributed by atoms with E-state index in [1.54, 1.807) is 24.3 Å². The molecule has 1 rings (SSSR count). The van der Waals surface area contributed by atoms with Gasteiger partial charge in [-0.15, -0.1) is 0 Å². The van der Waals surface area contributed by atoms with Gasteiger partial charge in [0.2, 0.25) is 5.60 Å². The third-order valence-corrected chi connectivity index (χ3v) is 4.29. The van der Waals surface area contributed by atoms with E-state index in [-0.39, 0.29) is 12.6 Å². The fourth-order valence-electron chi connectivity index (χ4n) is 1.99. The van der Waals surface area contributed by atoms with Crippen LogP contribution < -0.4 is 9.47 Å². The summed E-state index contributed by atoms with van der Waals surface area (Å²) in [6.07, 6.45) is 1.66. The number of hydrogen-bond acceptors (Lipinski definition) is 7. The van der Waals surface area contributed by atoms with E-state index < -0.39 is 21.2 Å². The molecule has 0 bridgehead atoms. The minimum atomic E-state index is -5.84. The molecule has 168 valence electrons. The lowest BCUT2D eigenvalue weighted by Crippen LogP contribution is -2.44. The number of benzene rings is 1. The summed E-state index contributed by atoms with van der Waals surface area (Å²) < 4.78 is 73.7. The molecule has 12 heteroatoms. The Labute approximate surface area is 167 Å². The minimum Gasteiger partial charge on any atom is -0.494 e. The second kappa shape index (κ2) is 11.8.